The summed E-state index contributed by atoms with van der Waals surface area (Å²) in [4.78, 5) is 2.53. The second-order valence-corrected chi connectivity index (χ2v) is 23.4. The van der Waals surface area contributed by atoms with Crippen molar-refractivity contribution in [2.24, 2.45) is 0 Å². The summed E-state index contributed by atoms with van der Waals surface area (Å²) in [5, 5.41) is 0. The van der Waals surface area contributed by atoms with Gasteiger partial charge in [0.25, 0.3) is 0 Å². The van der Waals surface area contributed by atoms with Crippen molar-refractivity contribution in [2.75, 3.05) is 4.90 Å². The van der Waals surface area contributed by atoms with E-state index >= 15 is 0 Å². The summed E-state index contributed by atoms with van der Waals surface area (Å²) in [7, 11) is 0. The van der Waals surface area contributed by atoms with Gasteiger partial charge in [-0.1, -0.05) is 233 Å². The minimum atomic E-state index is -0.574. The number of nitrogens with zero attached hydrogens (tertiary/aromatic N) is 1. The van der Waals surface area contributed by atoms with Gasteiger partial charge in [-0.25, -0.2) is 0 Å². The van der Waals surface area contributed by atoms with Crippen LogP contribution < -0.4 is 4.90 Å². The Hall–Kier alpha value is -7.22. The van der Waals surface area contributed by atoms with Crippen molar-refractivity contribution in [3.8, 4) is 44.5 Å². The molecule has 12 rings (SSSR count). The molecular weight excluding hydrogens is 843 g/mol. The van der Waals surface area contributed by atoms with E-state index in [0.717, 1.165) is 17.1 Å². The van der Waals surface area contributed by atoms with Gasteiger partial charge in [0.05, 0.1) is 5.41 Å². The smallest absolute Gasteiger partial charge is 0.0714 e. The molecule has 3 aliphatic rings. The molecule has 1 heteroatoms. The van der Waals surface area contributed by atoms with Crippen molar-refractivity contribution in [3.05, 3.63) is 256 Å². The highest BCUT2D eigenvalue weighted by Crippen LogP contribution is 2.59. The predicted octanol–water partition coefficient (Wildman–Crippen LogP) is 18.4. The average Bonchev–Trinajstić information content (AvgIpc) is 3.88. The van der Waals surface area contributed by atoms with Gasteiger partial charge in [-0.15, -0.1) is 0 Å². The molecule has 0 heterocycles. The molecule has 1 nitrogen and oxygen atoms in total. The Morgan fingerprint density at radius 2 is 0.729 bits per heavy atom. The summed E-state index contributed by atoms with van der Waals surface area (Å²) >= 11 is 0. The van der Waals surface area contributed by atoms with Gasteiger partial charge in [0.1, 0.15) is 0 Å². The van der Waals surface area contributed by atoms with Crippen LogP contribution in [0.5, 0.6) is 0 Å². The van der Waals surface area contributed by atoms with Crippen LogP contribution in [0, 0.1) is 0 Å². The molecule has 3 aliphatic carbocycles. The highest BCUT2D eigenvalue weighted by atomic mass is 15.1. The van der Waals surface area contributed by atoms with E-state index in [0.29, 0.717) is 0 Å². The summed E-state index contributed by atoms with van der Waals surface area (Å²) in [6.07, 6.45) is 0. The van der Waals surface area contributed by atoms with Gasteiger partial charge in [0.2, 0.25) is 0 Å². The van der Waals surface area contributed by atoms with Crippen molar-refractivity contribution >= 4 is 17.1 Å². The molecule has 344 valence electrons. The van der Waals surface area contributed by atoms with Crippen molar-refractivity contribution in [3.63, 3.8) is 0 Å². The molecule has 9 aromatic rings. The molecule has 0 N–H and O–H groups in total. The van der Waals surface area contributed by atoms with Gasteiger partial charge in [-0.2, -0.15) is 0 Å². The Kier molecular flexibility index (Phi) is 9.68. The fourth-order valence-corrected chi connectivity index (χ4v) is 12.8. The molecule has 0 fully saturated rings. The van der Waals surface area contributed by atoms with Gasteiger partial charge in [0, 0.05) is 27.9 Å². The first-order valence-electron chi connectivity index (χ1n) is 25.3. The zero-order chi connectivity index (χ0) is 48.5. The van der Waals surface area contributed by atoms with Crippen LogP contribution in [0.15, 0.2) is 200 Å². The summed E-state index contributed by atoms with van der Waals surface area (Å²) in [5.74, 6) is 0. The van der Waals surface area contributed by atoms with Crippen molar-refractivity contribution < 1.29 is 0 Å². The van der Waals surface area contributed by atoms with Crippen LogP contribution in [0.25, 0.3) is 44.5 Å². The standard InChI is InChI=1S/C69H63N/c1-65(2,3)45-29-33-47(34-30-45)69(48-35-31-46(32-36-48)66(4,5)6)61-28-16-13-22-54(61)57-40-38-51(43-63(57)69)70(50-37-39-56-53-21-11-14-26-59(53)67(7,8)62(56)42-50)49-20-17-19-44(41-49)52-24-18-25-58-55-23-12-15-27-60(55)68(9,10)64(52)58/h11-43H,1-10H3. The summed E-state index contributed by atoms with van der Waals surface area (Å²) < 4.78 is 0. The van der Waals surface area contributed by atoms with E-state index in [-0.39, 0.29) is 21.7 Å². The van der Waals surface area contributed by atoms with E-state index in [2.05, 4.69) is 274 Å². The van der Waals surface area contributed by atoms with E-state index < -0.39 is 5.41 Å². The number of rotatable bonds is 6. The fourth-order valence-electron chi connectivity index (χ4n) is 12.8. The van der Waals surface area contributed by atoms with Crippen LogP contribution in [0.1, 0.15) is 125 Å². The van der Waals surface area contributed by atoms with Crippen molar-refractivity contribution in [2.45, 2.75) is 96.3 Å². The lowest BCUT2D eigenvalue weighted by Crippen LogP contribution is -2.29. The lowest BCUT2D eigenvalue weighted by Gasteiger charge is -2.36. The Morgan fingerprint density at radius 1 is 0.314 bits per heavy atom. The maximum atomic E-state index is 2.53. The summed E-state index contributed by atoms with van der Waals surface area (Å²) in [6, 6.07) is 77.0. The highest BCUT2D eigenvalue weighted by Gasteiger charge is 2.47. The van der Waals surface area contributed by atoms with Crippen molar-refractivity contribution in [1.82, 2.24) is 0 Å². The van der Waals surface area contributed by atoms with Crippen LogP contribution in [0.4, 0.5) is 17.1 Å². The van der Waals surface area contributed by atoms with Crippen LogP contribution in [0.2, 0.25) is 0 Å². The molecule has 70 heavy (non-hydrogen) atoms. The minimum absolute atomic E-state index is 0.0269. The Morgan fingerprint density at radius 3 is 1.30 bits per heavy atom. The van der Waals surface area contributed by atoms with E-state index in [1.54, 1.807) is 0 Å². The molecule has 0 saturated heterocycles. The molecule has 0 atom stereocenters. The molecule has 0 amide bonds. The Labute approximate surface area is 416 Å². The molecule has 0 spiro atoms. The lowest BCUT2D eigenvalue weighted by atomic mass is 9.67. The molecule has 0 radical (unpaired) electrons. The first kappa shape index (κ1) is 44.0. The van der Waals surface area contributed by atoms with E-state index in [9.17, 15) is 0 Å². The third-order valence-electron chi connectivity index (χ3n) is 16.5. The van der Waals surface area contributed by atoms with Crippen LogP contribution in [-0.4, -0.2) is 0 Å². The molecule has 9 aromatic carbocycles. The molecule has 0 saturated carbocycles. The monoisotopic (exact) mass is 905 g/mol. The minimum Gasteiger partial charge on any atom is -0.310 e. The fraction of sp³-hybridized carbons (Fsp3) is 0.217. The first-order chi connectivity index (χ1) is 33.5. The lowest BCUT2D eigenvalue weighted by molar-refractivity contribution is 0.588. The van der Waals surface area contributed by atoms with E-state index in [1.807, 2.05) is 0 Å². The zero-order valence-corrected chi connectivity index (χ0v) is 42.5. The molecule has 0 bridgehead atoms. The molecule has 0 aromatic heterocycles. The number of hydrogen-bond donors (Lipinski definition) is 0. The summed E-state index contributed by atoms with van der Waals surface area (Å²) in [6.45, 7) is 23.4. The molecular formula is C69H63N. The van der Waals surface area contributed by atoms with E-state index in [1.165, 1.54) is 100 Å². The highest BCUT2D eigenvalue weighted by molar-refractivity contribution is 5.93. The van der Waals surface area contributed by atoms with Gasteiger partial charge in [-0.3, -0.25) is 0 Å². The van der Waals surface area contributed by atoms with Gasteiger partial charge >= 0.3 is 0 Å². The third-order valence-corrected chi connectivity index (χ3v) is 16.5. The maximum Gasteiger partial charge on any atom is 0.0714 e. The van der Waals surface area contributed by atoms with Crippen molar-refractivity contribution in [1.29, 1.82) is 0 Å². The second-order valence-electron chi connectivity index (χ2n) is 23.4. The van der Waals surface area contributed by atoms with Crippen LogP contribution >= 0.6 is 0 Å². The number of hydrogen-bond acceptors (Lipinski definition) is 1. The molecule has 0 aliphatic heterocycles. The topological polar surface area (TPSA) is 3.24 Å². The predicted molar refractivity (Wildman–Crippen MR) is 296 cm³/mol. The quantitative estimate of drug-likeness (QED) is 0.161. The largest absolute Gasteiger partial charge is 0.310 e. The Balaban J connectivity index is 1.11. The normalized spacial score (nSPS) is 15.3. The summed E-state index contributed by atoms with van der Waals surface area (Å²) in [5.41, 5.74) is 26.3. The van der Waals surface area contributed by atoms with Gasteiger partial charge < -0.3 is 4.90 Å². The van der Waals surface area contributed by atoms with Gasteiger partial charge in [0.15, 0.2) is 0 Å². The molecule has 0 unspecified atom stereocenters. The maximum absolute atomic E-state index is 2.53. The zero-order valence-electron chi connectivity index (χ0n) is 42.5. The average molecular weight is 906 g/mol. The van der Waals surface area contributed by atoms with Crippen LogP contribution in [-0.2, 0) is 27.1 Å². The number of anilines is 3. The SMILES string of the molecule is CC(C)(C)c1ccc(C2(c3ccc(C(C)(C)C)cc3)c3ccccc3-c3ccc(N(c4cccc(-c5cccc6c5C(C)(C)c5ccccc5-6)c4)c4ccc5c(c4)C(C)(C)c4ccccc4-5)cc32)cc1. The van der Waals surface area contributed by atoms with Crippen LogP contribution in [0.3, 0.4) is 0 Å². The third kappa shape index (κ3) is 6.43. The first-order valence-corrected chi connectivity index (χ1v) is 25.3. The van der Waals surface area contributed by atoms with Gasteiger partial charge in [-0.05, 0) is 147 Å². The second kappa shape index (κ2) is 15.4. The van der Waals surface area contributed by atoms with E-state index in [4.69, 9.17) is 0 Å². The number of fused-ring (bicyclic) bond motifs is 9. The Bertz CT molecular complexity index is 3490. The number of benzene rings is 9.